The summed E-state index contributed by atoms with van der Waals surface area (Å²) in [5.74, 6) is 0.761. The van der Waals surface area contributed by atoms with Crippen LogP contribution in [0.15, 0.2) is 273 Å². The van der Waals surface area contributed by atoms with Gasteiger partial charge in [0.2, 0.25) is 0 Å². The van der Waals surface area contributed by atoms with Gasteiger partial charge in [-0.05, 0) is 172 Å². The van der Waals surface area contributed by atoms with E-state index in [0.29, 0.717) is 11.8 Å². The van der Waals surface area contributed by atoms with Gasteiger partial charge in [-0.1, -0.05) is 230 Å². The molecule has 13 rings (SSSR count). The molecule has 11 aromatic rings. The van der Waals surface area contributed by atoms with Gasteiger partial charge in [0.25, 0.3) is 6.71 Å². The number of anilines is 12. The molecule has 0 fully saturated rings. The first kappa shape index (κ1) is 54.0. The van der Waals surface area contributed by atoms with Crippen LogP contribution in [0, 0.1) is 0 Å². The van der Waals surface area contributed by atoms with Crippen LogP contribution >= 0.6 is 0 Å². The number of nitrogens with zero attached hydrogens (tertiary/aromatic N) is 4. The van der Waals surface area contributed by atoms with E-state index in [4.69, 9.17) is 0 Å². The smallest absolute Gasteiger partial charge is 0.252 e. The Labute approximate surface area is 499 Å². The molecule has 84 heavy (non-hydrogen) atoms. The maximum absolute atomic E-state index is 2.65. The molecule has 4 nitrogen and oxygen atoms in total. The highest BCUT2D eigenvalue weighted by Crippen LogP contribution is 2.53. The summed E-state index contributed by atoms with van der Waals surface area (Å²) in [6.07, 6.45) is 4.47. The van der Waals surface area contributed by atoms with Gasteiger partial charge >= 0.3 is 0 Å². The van der Waals surface area contributed by atoms with Crippen molar-refractivity contribution in [3.05, 3.63) is 295 Å². The Morgan fingerprint density at radius 2 is 0.750 bits per heavy atom. The number of rotatable bonds is 17. The van der Waals surface area contributed by atoms with E-state index >= 15 is 0 Å². The number of hydrogen-bond donors (Lipinski definition) is 0. The van der Waals surface area contributed by atoms with E-state index in [-0.39, 0.29) is 6.71 Å². The lowest BCUT2D eigenvalue weighted by Gasteiger charge is -2.47. The van der Waals surface area contributed by atoms with Gasteiger partial charge in [-0.25, -0.2) is 0 Å². The molecule has 412 valence electrons. The molecule has 2 aliphatic rings. The molecule has 0 aliphatic carbocycles. The van der Waals surface area contributed by atoms with Crippen molar-refractivity contribution in [2.75, 3.05) is 19.6 Å². The first-order valence-electron chi connectivity index (χ1n) is 30.4. The van der Waals surface area contributed by atoms with Gasteiger partial charge < -0.3 is 19.6 Å². The van der Waals surface area contributed by atoms with Crippen molar-refractivity contribution in [3.8, 4) is 11.1 Å². The lowest BCUT2D eigenvalue weighted by molar-refractivity contribution is 0.643. The van der Waals surface area contributed by atoms with Crippen molar-refractivity contribution in [3.63, 3.8) is 0 Å². The Bertz CT molecular complexity index is 3800. The van der Waals surface area contributed by atoms with Crippen molar-refractivity contribution in [1.29, 1.82) is 0 Å². The summed E-state index contributed by atoms with van der Waals surface area (Å²) in [5.41, 5.74) is 24.7. The molecule has 0 saturated heterocycles. The second-order valence-electron chi connectivity index (χ2n) is 23.6. The number of fused-ring (bicyclic) bond motifs is 4. The molecule has 5 heteroatoms. The topological polar surface area (TPSA) is 13.0 Å². The highest BCUT2D eigenvalue weighted by Gasteiger charge is 2.46. The molecular weight excluding hydrogens is 1020 g/mol. The van der Waals surface area contributed by atoms with E-state index < -0.39 is 5.41 Å². The molecule has 0 spiro atoms. The first-order chi connectivity index (χ1) is 41.2. The lowest BCUT2D eigenvalue weighted by Crippen LogP contribution is -2.61. The van der Waals surface area contributed by atoms with Crippen molar-refractivity contribution in [2.24, 2.45) is 0 Å². The zero-order chi connectivity index (χ0) is 57.3. The third-order valence-electron chi connectivity index (χ3n) is 17.9. The molecule has 0 radical (unpaired) electrons. The van der Waals surface area contributed by atoms with Crippen LogP contribution in [0.1, 0.15) is 101 Å². The summed E-state index contributed by atoms with van der Waals surface area (Å²) >= 11 is 0. The number of para-hydroxylation sites is 8. The van der Waals surface area contributed by atoms with E-state index in [1.54, 1.807) is 0 Å². The third-order valence-corrected chi connectivity index (χ3v) is 17.9. The zero-order valence-electron chi connectivity index (χ0n) is 49.3. The highest BCUT2D eigenvalue weighted by molar-refractivity contribution is 7.00. The second-order valence-corrected chi connectivity index (χ2v) is 23.6. The average Bonchev–Trinajstić information content (AvgIpc) is 0.912. The molecule has 2 aliphatic heterocycles. The molecule has 0 N–H and O–H groups in total. The van der Waals surface area contributed by atoms with E-state index in [2.05, 4.69) is 334 Å². The minimum atomic E-state index is -0.497. The zero-order valence-corrected chi connectivity index (χ0v) is 49.3. The summed E-state index contributed by atoms with van der Waals surface area (Å²) in [5, 5.41) is 0. The summed E-state index contributed by atoms with van der Waals surface area (Å²) in [7, 11) is 0. The highest BCUT2D eigenvalue weighted by atomic mass is 15.2. The standard InChI is InChI=1S/C79H73BN4/c1-7-30-56(3)59-48-50-70-68(52-59)80-69-53-60(57(4)31-8-2)49-51-71(69)84(75-47-29-27-45-73(75)82(64-38-20-12-21-39-64)65-40-22-13-23-41-65)77-55-61(79(5,6)67-43-25-24-42-66(67)58-32-14-9-15-33-58)54-76(78(77)80)83(70)74-46-28-26-44-72(74)81(62-34-16-10-17-35-62)63-36-18-11-19-37-63/h9-29,32-57H,7-8,30-31H2,1-6H3. The van der Waals surface area contributed by atoms with Crippen molar-refractivity contribution in [1.82, 2.24) is 0 Å². The Kier molecular flexibility index (Phi) is 14.9. The largest absolute Gasteiger partial charge is 0.309 e. The maximum atomic E-state index is 2.65. The molecule has 2 atom stereocenters. The van der Waals surface area contributed by atoms with Crippen LogP contribution in [-0.4, -0.2) is 6.71 Å². The predicted octanol–water partition coefficient (Wildman–Crippen LogP) is 20.5. The molecule has 0 bridgehead atoms. The normalized spacial score (nSPS) is 13.1. The van der Waals surface area contributed by atoms with E-state index in [1.165, 1.54) is 72.5 Å². The van der Waals surface area contributed by atoms with Crippen LogP contribution in [0.25, 0.3) is 11.1 Å². The lowest BCUT2D eigenvalue weighted by atomic mass is 9.33. The van der Waals surface area contributed by atoms with E-state index in [9.17, 15) is 0 Å². The van der Waals surface area contributed by atoms with Crippen LogP contribution < -0.4 is 36.0 Å². The SMILES string of the molecule is CCCC(C)c1ccc2c(c1)B1c3cc(C(C)CCC)ccc3N(c3ccccc3N(c3ccccc3)c3ccccc3)c3cc(C(C)(C)c4ccccc4-c4ccccc4)cc(c31)N2c1ccccc1N(c1ccccc1)c1ccccc1. The van der Waals surface area contributed by atoms with Gasteiger partial charge in [0, 0.05) is 50.9 Å². The molecule has 2 heterocycles. The van der Waals surface area contributed by atoms with Gasteiger partial charge in [0.1, 0.15) is 0 Å². The average molecular weight is 1090 g/mol. The van der Waals surface area contributed by atoms with E-state index in [0.717, 1.165) is 71.2 Å². The fourth-order valence-corrected chi connectivity index (χ4v) is 13.6. The molecule has 0 aromatic heterocycles. The van der Waals surface area contributed by atoms with Crippen LogP contribution in [0.4, 0.5) is 68.2 Å². The van der Waals surface area contributed by atoms with Gasteiger partial charge in [-0.15, -0.1) is 0 Å². The minimum Gasteiger partial charge on any atom is -0.309 e. The predicted molar refractivity (Wildman–Crippen MR) is 360 cm³/mol. The van der Waals surface area contributed by atoms with Gasteiger partial charge in [-0.3, -0.25) is 0 Å². The van der Waals surface area contributed by atoms with Gasteiger partial charge in [-0.2, -0.15) is 0 Å². The quantitative estimate of drug-likeness (QED) is 0.0843. The monoisotopic (exact) mass is 1090 g/mol. The fraction of sp³-hybridized carbons (Fsp3) is 0.165. The Balaban J connectivity index is 1.17. The van der Waals surface area contributed by atoms with E-state index in [1.807, 2.05) is 0 Å². The molecular formula is C79H73BN4. The Morgan fingerprint density at radius 3 is 1.17 bits per heavy atom. The van der Waals surface area contributed by atoms with Crippen molar-refractivity contribution in [2.45, 2.75) is 84.5 Å². The van der Waals surface area contributed by atoms with Crippen LogP contribution in [0.5, 0.6) is 0 Å². The van der Waals surface area contributed by atoms with Crippen molar-refractivity contribution >= 4 is 91.3 Å². The summed E-state index contributed by atoms with van der Waals surface area (Å²) < 4.78 is 0. The Hall–Kier alpha value is -9.32. The molecule has 11 aromatic carbocycles. The minimum absolute atomic E-state index is 0.0955. The first-order valence-corrected chi connectivity index (χ1v) is 30.4. The summed E-state index contributed by atoms with van der Waals surface area (Å²) in [4.78, 5) is 10.2. The molecule has 0 amide bonds. The summed E-state index contributed by atoms with van der Waals surface area (Å²) in [6.45, 7) is 14.3. The fourth-order valence-electron chi connectivity index (χ4n) is 13.6. The second kappa shape index (κ2) is 23.1. The third kappa shape index (κ3) is 9.75. The van der Waals surface area contributed by atoms with Crippen molar-refractivity contribution < 1.29 is 0 Å². The maximum Gasteiger partial charge on any atom is 0.252 e. The number of benzene rings is 11. The number of hydrogen-bond acceptors (Lipinski definition) is 4. The van der Waals surface area contributed by atoms with Crippen LogP contribution in [-0.2, 0) is 5.41 Å². The van der Waals surface area contributed by atoms with Crippen LogP contribution in [0.2, 0.25) is 0 Å². The van der Waals surface area contributed by atoms with Crippen LogP contribution in [0.3, 0.4) is 0 Å². The van der Waals surface area contributed by atoms with Gasteiger partial charge in [0.05, 0.1) is 22.7 Å². The van der Waals surface area contributed by atoms with Gasteiger partial charge in [0.15, 0.2) is 0 Å². The Morgan fingerprint density at radius 1 is 0.381 bits per heavy atom. The molecule has 0 saturated carbocycles. The summed E-state index contributed by atoms with van der Waals surface area (Å²) in [6, 6.07) is 102. The molecule has 2 unspecified atom stereocenters.